The number of rotatable bonds is 6. The normalized spacial score (nSPS) is 19.7. The number of anilines is 3. The van der Waals surface area contributed by atoms with Gasteiger partial charge in [0.1, 0.15) is 16.9 Å². The maximum Gasteiger partial charge on any atom is 0.337 e. The summed E-state index contributed by atoms with van der Waals surface area (Å²) in [6, 6.07) is 18.1. The van der Waals surface area contributed by atoms with Gasteiger partial charge in [0.25, 0.3) is 0 Å². The van der Waals surface area contributed by atoms with Crippen LogP contribution in [-0.4, -0.2) is 70.8 Å². The van der Waals surface area contributed by atoms with Gasteiger partial charge in [0.15, 0.2) is 0 Å². The average molecular weight is 640 g/mol. The molecule has 1 saturated heterocycles. The van der Waals surface area contributed by atoms with Crippen LogP contribution in [0.5, 0.6) is 5.88 Å². The minimum absolute atomic E-state index is 0.266. The van der Waals surface area contributed by atoms with Crippen LogP contribution in [0.25, 0.3) is 16.6 Å². The van der Waals surface area contributed by atoms with Crippen molar-refractivity contribution in [2.75, 3.05) is 49.1 Å². The summed E-state index contributed by atoms with van der Waals surface area (Å²) in [6.45, 7) is 13.9. The number of hydrogen-bond acceptors (Lipinski definition) is 6. The van der Waals surface area contributed by atoms with Gasteiger partial charge in [-0.1, -0.05) is 43.2 Å². The standard InChI is InChI=1S/C37H42ClN5O3/c1-36(2)13-11-26(30(21-36)24-5-7-27(38)8-6-24)22-41-15-17-42(18-16-41)28-9-10-29(35(44)45)31(20-28)43-23-37(3,4)46-34-32(43)19-25-12-14-39-33(25)40-34/h5-10,12,14,19-20H,11,13,15-18,21-23H2,1-4H3,(H,39,40)(H,44,45). The minimum atomic E-state index is -0.951. The fraction of sp³-hybridized carbons (Fsp3) is 0.405. The van der Waals surface area contributed by atoms with Gasteiger partial charge in [-0.25, -0.2) is 4.79 Å². The lowest BCUT2D eigenvalue weighted by Gasteiger charge is -2.41. The van der Waals surface area contributed by atoms with Crippen LogP contribution in [0.2, 0.25) is 5.02 Å². The topological polar surface area (TPSA) is 84.9 Å². The number of nitrogens with one attached hydrogen (secondary N) is 1. The number of halogens is 1. The molecule has 0 atom stereocenters. The zero-order chi connectivity index (χ0) is 32.2. The summed E-state index contributed by atoms with van der Waals surface area (Å²) in [5, 5.41) is 12.0. The molecule has 2 aromatic heterocycles. The highest BCUT2D eigenvalue weighted by molar-refractivity contribution is 6.30. The van der Waals surface area contributed by atoms with Crippen LogP contribution < -0.4 is 14.5 Å². The Bertz CT molecular complexity index is 1820. The summed E-state index contributed by atoms with van der Waals surface area (Å²) in [5.41, 5.74) is 7.50. The molecule has 0 amide bonds. The van der Waals surface area contributed by atoms with Crippen molar-refractivity contribution in [3.63, 3.8) is 0 Å². The zero-order valence-electron chi connectivity index (χ0n) is 27.1. The number of benzene rings is 2. The molecule has 0 spiro atoms. The van der Waals surface area contributed by atoms with Gasteiger partial charge in [-0.05, 0) is 92.1 Å². The number of aromatic amines is 1. The van der Waals surface area contributed by atoms with Crippen LogP contribution in [0.3, 0.4) is 0 Å². The Hall–Kier alpha value is -4.01. The molecule has 1 fully saturated rings. The van der Waals surface area contributed by atoms with Gasteiger partial charge < -0.3 is 24.6 Å². The lowest BCUT2D eigenvalue weighted by molar-refractivity contribution is 0.0695. The number of carboxylic acid groups (broad SMARTS) is 1. The van der Waals surface area contributed by atoms with Crippen LogP contribution in [0.15, 0.2) is 66.4 Å². The van der Waals surface area contributed by atoms with E-state index in [2.05, 4.69) is 45.7 Å². The van der Waals surface area contributed by atoms with E-state index in [1.807, 2.05) is 56.4 Å². The number of hydrogen-bond donors (Lipinski definition) is 2. The third-order valence-electron chi connectivity index (χ3n) is 9.72. The Morgan fingerprint density at radius 1 is 1.00 bits per heavy atom. The summed E-state index contributed by atoms with van der Waals surface area (Å²) in [4.78, 5) is 27.4. The van der Waals surface area contributed by atoms with Gasteiger partial charge in [-0.2, -0.15) is 4.98 Å². The Balaban J connectivity index is 1.14. The number of ether oxygens (including phenoxy) is 1. The van der Waals surface area contributed by atoms with Gasteiger partial charge in [0.05, 0.1) is 17.8 Å². The molecule has 3 aliphatic rings. The minimum Gasteiger partial charge on any atom is -0.478 e. The number of H-pyrrole nitrogens is 1. The number of allylic oxidation sites excluding steroid dienone is 1. The number of nitrogens with zero attached hydrogens (tertiary/aromatic N) is 4. The summed E-state index contributed by atoms with van der Waals surface area (Å²) in [5.74, 6) is -0.451. The van der Waals surface area contributed by atoms with E-state index >= 15 is 0 Å². The number of aromatic nitrogens is 2. The molecule has 0 unspecified atom stereocenters. The van der Waals surface area contributed by atoms with Gasteiger partial charge in [-0.15, -0.1) is 0 Å². The van der Waals surface area contributed by atoms with Gasteiger partial charge in [0, 0.05) is 55.0 Å². The molecule has 2 N–H and O–H groups in total. The first-order valence-electron chi connectivity index (χ1n) is 16.2. The van der Waals surface area contributed by atoms with Crippen molar-refractivity contribution in [2.45, 2.75) is 52.6 Å². The van der Waals surface area contributed by atoms with Crippen LogP contribution in [0, 0.1) is 5.41 Å². The molecule has 0 saturated carbocycles. The fourth-order valence-electron chi connectivity index (χ4n) is 7.22. The fourth-order valence-corrected chi connectivity index (χ4v) is 7.34. The van der Waals surface area contributed by atoms with Crippen molar-refractivity contribution in [1.82, 2.24) is 14.9 Å². The molecule has 0 bridgehead atoms. The van der Waals surface area contributed by atoms with E-state index in [0.29, 0.717) is 18.1 Å². The second-order valence-corrected chi connectivity index (χ2v) is 14.8. The number of carbonyl (C=O) groups is 1. The van der Waals surface area contributed by atoms with Crippen molar-refractivity contribution in [2.24, 2.45) is 5.41 Å². The number of piperazine rings is 1. The summed E-state index contributed by atoms with van der Waals surface area (Å²) in [6.07, 6.45) is 5.25. The Morgan fingerprint density at radius 2 is 1.76 bits per heavy atom. The van der Waals surface area contributed by atoms with Crippen molar-refractivity contribution < 1.29 is 14.6 Å². The van der Waals surface area contributed by atoms with E-state index in [1.165, 1.54) is 17.6 Å². The number of pyridine rings is 1. The molecule has 0 radical (unpaired) electrons. The lowest BCUT2D eigenvalue weighted by Crippen LogP contribution is -2.47. The lowest BCUT2D eigenvalue weighted by atomic mass is 9.72. The molecule has 2 aromatic carbocycles. The van der Waals surface area contributed by atoms with E-state index in [9.17, 15) is 9.90 Å². The first-order valence-corrected chi connectivity index (χ1v) is 16.6. The molecule has 46 heavy (non-hydrogen) atoms. The van der Waals surface area contributed by atoms with E-state index in [4.69, 9.17) is 21.3 Å². The molecule has 8 nitrogen and oxygen atoms in total. The number of carboxylic acids is 1. The number of fused-ring (bicyclic) bond motifs is 2. The molecule has 4 heterocycles. The summed E-state index contributed by atoms with van der Waals surface area (Å²) < 4.78 is 6.28. The second kappa shape index (κ2) is 11.7. The van der Waals surface area contributed by atoms with E-state index in [-0.39, 0.29) is 11.0 Å². The van der Waals surface area contributed by atoms with Crippen LogP contribution in [-0.2, 0) is 0 Å². The molecule has 240 valence electrons. The smallest absolute Gasteiger partial charge is 0.337 e. The van der Waals surface area contributed by atoms with Gasteiger partial charge in [0.2, 0.25) is 5.88 Å². The summed E-state index contributed by atoms with van der Waals surface area (Å²) >= 11 is 6.22. The molecule has 7 rings (SSSR count). The largest absolute Gasteiger partial charge is 0.478 e. The summed E-state index contributed by atoms with van der Waals surface area (Å²) in [7, 11) is 0. The Kier molecular flexibility index (Phi) is 7.76. The molecule has 2 aliphatic heterocycles. The number of aromatic carboxylic acids is 1. The van der Waals surface area contributed by atoms with Crippen LogP contribution in [0.1, 0.15) is 62.9 Å². The zero-order valence-corrected chi connectivity index (χ0v) is 27.8. The molecule has 1 aliphatic carbocycles. The molecular weight excluding hydrogens is 598 g/mol. The third-order valence-corrected chi connectivity index (χ3v) is 9.97. The molecule has 4 aromatic rings. The van der Waals surface area contributed by atoms with E-state index < -0.39 is 11.6 Å². The molecular formula is C37H42ClN5O3. The second-order valence-electron chi connectivity index (χ2n) is 14.4. The highest BCUT2D eigenvalue weighted by Crippen LogP contribution is 2.45. The van der Waals surface area contributed by atoms with Crippen molar-refractivity contribution in [1.29, 1.82) is 0 Å². The predicted molar refractivity (Wildman–Crippen MR) is 186 cm³/mol. The van der Waals surface area contributed by atoms with E-state index in [1.54, 1.807) is 11.6 Å². The quantitative estimate of drug-likeness (QED) is 0.221. The Labute approximate surface area is 275 Å². The monoisotopic (exact) mass is 639 g/mol. The molecule has 9 heteroatoms. The first kappa shape index (κ1) is 30.6. The van der Waals surface area contributed by atoms with Crippen molar-refractivity contribution in [3.05, 3.63) is 82.5 Å². The maximum atomic E-state index is 12.5. The predicted octanol–water partition coefficient (Wildman–Crippen LogP) is 8.01. The highest BCUT2D eigenvalue weighted by Gasteiger charge is 2.36. The third kappa shape index (κ3) is 6.08. The Morgan fingerprint density at radius 3 is 2.50 bits per heavy atom. The van der Waals surface area contributed by atoms with Crippen LogP contribution >= 0.6 is 11.6 Å². The first-order chi connectivity index (χ1) is 21.9. The van der Waals surface area contributed by atoms with Gasteiger partial charge in [-0.3, -0.25) is 4.90 Å². The van der Waals surface area contributed by atoms with Crippen molar-refractivity contribution in [3.8, 4) is 5.88 Å². The van der Waals surface area contributed by atoms with Crippen molar-refractivity contribution >= 4 is 51.2 Å². The SMILES string of the molecule is CC1(C)CCC(CN2CCN(c3ccc(C(=O)O)c(N4CC(C)(C)Oc5nc6[nH]ccc6cc54)c3)CC2)=C(c2ccc(Cl)cc2)C1. The highest BCUT2D eigenvalue weighted by atomic mass is 35.5. The maximum absolute atomic E-state index is 12.5. The average Bonchev–Trinajstić information content (AvgIpc) is 3.48. The van der Waals surface area contributed by atoms with E-state index in [0.717, 1.165) is 73.0 Å². The van der Waals surface area contributed by atoms with Gasteiger partial charge >= 0.3 is 5.97 Å². The van der Waals surface area contributed by atoms with Crippen LogP contribution in [0.4, 0.5) is 17.1 Å².